The molecule has 108 valence electrons. The summed E-state index contributed by atoms with van der Waals surface area (Å²) in [6, 6.07) is -0.245. The highest BCUT2D eigenvalue weighted by Gasteiger charge is 2.42. The van der Waals surface area contributed by atoms with Crippen molar-refractivity contribution >= 4 is 11.9 Å². The molecule has 5 heteroatoms. The van der Waals surface area contributed by atoms with Crippen molar-refractivity contribution in [2.45, 2.75) is 58.3 Å². The van der Waals surface area contributed by atoms with Crippen LogP contribution < -0.4 is 0 Å². The number of piperidine rings is 1. The summed E-state index contributed by atoms with van der Waals surface area (Å²) in [6.45, 7) is 6.47. The van der Waals surface area contributed by atoms with Gasteiger partial charge in [0, 0.05) is 12.6 Å². The third kappa shape index (κ3) is 2.76. The molecule has 1 amide bonds. The van der Waals surface area contributed by atoms with Gasteiger partial charge in [0.05, 0.1) is 12.0 Å². The number of carbonyl (C=O) groups excluding carboxylic acids is 1. The van der Waals surface area contributed by atoms with E-state index in [1.807, 2.05) is 20.8 Å². The highest BCUT2D eigenvalue weighted by Crippen LogP contribution is 2.30. The van der Waals surface area contributed by atoms with Gasteiger partial charge in [0.1, 0.15) is 6.10 Å². The number of rotatable bonds is 2. The van der Waals surface area contributed by atoms with Crippen molar-refractivity contribution in [1.82, 2.24) is 4.90 Å². The zero-order valence-corrected chi connectivity index (χ0v) is 11.8. The lowest BCUT2D eigenvalue weighted by atomic mass is 9.89. The van der Waals surface area contributed by atoms with E-state index in [-0.39, 0.29) is 24.0 Å². The lowest BCUT2D eigenvalue weighted by molar-refractivity contribution is -0.155. The number of amides is 1. The Bertz CT molecular complexity index is 370. The van der Waals surface area contributed by atoms with Gasteiger partial charge in [-0.05, 0) is 39.0 Å². The van der Waals surface area contributed by atoms with Crippen LogP contribution in [0.1, 0.15) is 40.0 Å². The first-order chi connectivity index (χ1) is 8.91. The van der Waals surface area contributed by atoms with E-state index in [9.17, 15) is 14.7 Å². The summed E-state index contributed by atoms with van der Waals surface area (Å²) in [6.07, 6.45) is 2.01. The number of nitrogens with zero attached hydrogens (tertiary/aromatic N) is 1. The first-order valence-corrected chi connectivity index (χ1v) is 7.10. The second kappa shape index (κ2) is 5.49. The third-order valence-corrected chi connectivity index (χ3v) is 4.43. The maximum Gasteiger partial charge on any atom is 0.308 e. The molecular weight excluding hydrogens is 246 g/mol. The summed E-state index contributed by atoms with van der Waals surface area (Å²) in [5.41, 5.74) is 0. The van der Waals surface area contributed by atoms with Gasteiger partial charge in [-0.25, -0.2) is 0 Å². The summed E-state index contributed by atoms with van der Waals surface area (Å²) >= 11 is 0. The number of carboxylic acids is 1. The lowest BCUT2D eigenvalue weighted by Gasteiger charge is -2.39. The Morgan fingerprint density at radius 2 is 1.95 bits per heavy atom. The summed E-state index contributed by atoms with van der Waals surface area (Å²) in [5, 5.41) is 9.20. The van der Waals surface area contributed by atoms with E-state index in [1.54, 1.807) is 4.90 Å². The van der Waals surface area contributed by atoms with Crippen LogP contribution in [0.25, 0.3) is 0 Å². The topological polar surface area (TPSA) is 66.8 Å². The van der Waals surface area contributed by atoms with Crippen molar-refractivity contribution in [3.05, 3.63) is 0 Å². The molecule has 0 radical (unpaired) electrons. The van der Waals surface area contributed by atoms with Gasteiger partial charge in [-0.2, -0.15) is 0 Å². The second-order valence-corrected chi connectivity index (χ2v) is 5.94. The van der Waals surface area contributed by atoms with Gasteiger partial charge in [-0.1, -0.05) is 6.92 Å². The minimum atomic E-state index is -0.807. The smallest absolute Gasteiger partial charge is 0.308 e. The number of hydrogen-bond donors (Lipinski definition) is 1. The molecule has 1 N–H and O–H groups in total. The summed E-state index contributed by atoms with van der Waals surface area (Å²) in [4.78, 5) is 25.5. The molecule has 19 heavy (non-hydrogen) atoms. The van der Waals surface area contributed by atoms with Crippen LogP contribution in [0.4, 0.5) is 0 Å². The predicted octanol–water partition coefficient (Wildman–Crippen LogP) is 1.51. The van der Waals surface area contributed by atoms with Gasteiger partial charge in [-0.3, -0.25) is 9.59 Å². The molecule has 2 aliphatic heterocycles. The third-order valence-electron chi connectivity index (χ3n) is 4.43. The van der Waals surface area contributed by atoms with Crippen LogP contribution in [-0.2, 0) is 14.3 Å². The predicted molar refractivity (Wildman–Crippen MR) is 69.7 cm³/mol. The minimum absolute atomic E-state index is 0.0321. The number of carboxylic acid groups (broad SMARTS) is 1. The molecule has 0 bridgehead atoms. The zero-order chi connectivity index (χ0) is 14.2. The molecule has 0 aromatic carbocycles. The highest BCUT2D eigenvalue weighted by molar-refractivity contribution is 5.83. The molecule has 2 aliphatic rings. The van der Waals surface area contributed by atoms with E-state index in [0.29, 0.717) is 13.0 Å². The second-order valence-electron chi connectivity index (χ2n) is 5.94. The SMILES string of the molecule is CC1CC(C)C(C(=O)N2CCC[C@H](C(=O)O)[C@@H]2C)O1. The standard InChI is InChI=1S/C14H23NO4/c1-8-7-9(2)19-12(8)13(16)15-6-4-5-11(10(15)3)14(17)18/h8-12H,4-7H2,1-3H3,(H,17,18)/t8?,9?,10-,11-,12?/m0/s1. The van der Waals surface area contributed by atoms with Crippen molar-refractivity contribution in [2.75, 3.05) is 6.54 Å². The molecular formula is C14H23NO4. The van der Waals surface area contributed by atoms with E-state index in [2.05, 4.69) is 0 Å². The van der Waals surface area contributed by atoms with E-state index >= 15 is 0 Å². The Kier molecular flexibility index (Phi) is 4.13. The van der Waals surface area contributed by atoms with Crippen LogP contribution in [0, 0.1) is 11.8 Å². The van der Waals surface area contributed by atoms with E-state index < -0.39 is 18.0 Å². The molecule has 5 atom stereocenters. The molecule has 5 nitrogen and oxygen atoms in total. The van der Waals surface area contributed by atoms with Gasteiger partial charge in [0.25, 0.3) is 5.91 Å². The van der Waals surface area contributed by atoms with Crippen LogP contribution >= 0.6 is 0 Å². The number of hydrogen-bond acceptors (Lipinski definition) is 3. The lowest BCUT2D eigenvalue weighted by Crippen LogP contribution is -2.53. The fourth-order valence-corrected chi connectivity index (χ4v) is 3.34. The van der Waals surface area contributed by atoms with Crippen molar-refractivity contribution in [3.63, 3.8) is 0 Å². The molecule has 2 saturated heterocycles. The molecule has 0 saturated carbocycles. The Morgan fingerprint density at radius 3 is 2.47 bits per heavy atom. The Balaban J connectivity index is 2.08. The van der Waals surface area contributed by atoms with Crippen molar-refractivity contribution in [1.29, 1.82) is 0 Å². The normalized spacial score (nSPS) is 39.3. The molecule has 2 fully saturated rings. The first kappa shape index (κ1) is 14.3. The number of aliphatic carboxylic acids is 1. The fraction of sp³-hybridized carbons (Fsp3) is 0.857. The number of likely N-dealkylation sites (tertiary alicyclic amines) is 1. The van der Waals surface area contributed by atoms with Crippen LogP contribution in [0.15, 0.2) is 0 Å². The monoisotopic (exact) mass is 269 g/mol. The van der Waals surface area contributed by atoms with Crippen molar-refractivity contribution < 1.29 is 19.4 Å². The van der Waals surface area contributed by atoms with Crippen LogP contribution in [-0.4, -0.2) is 46.7 Å². The van der Waals surface area contributed by atoms with Crippen molar-refractivity contribution in [3.8, 4) is 0 Å². The summed E-state index contributed by atoms with van der Waals surface area (Å²) in [5.74, 6) is -1.08. The summed E-state index contributed by atoms with van der Waals surface area (Å²) < 4.78 is 5.69. The molecule has 0 aliphatic carbocycles. The quantitative estimate of drug-likeness (QED) is 0.825. The molecule has 2 rings (SSSR count). The van der Waals surface area contributed by atoms with Crippen LogP contribution in [0.2, 0.25) is 0 Å². The highest BCUT2D eigenvalue weighted by atomic mass is 16.5. The molecule has 0 aromatic heterocycles. The number of carbonyl (C=O) groups is 2. The maximum atomic E-state index is 12.5. The van der Waals surface area contributed by atoms with Crippen molar-refractivity contribution in [2.24, 2.45) is 11.8 Å². The Hall–Kier alpha value is -1.10. The van der Waals surface area contributed by atoms with Gasteiger partial charge in [0.2, 0.25) is 0 Å². The fourth-order valence-electron chi connectivity index (χ4n) is 3.34. The Morgan fingerprint density at radius 1 is 1.26 bits per heavy atom. The maximum absolute atomic E-state index is 12.5. The summed E-state index contributed by atoms with van der Waals surface area (Å²) in [7, 11) is 0. The average Bonchev–Trinajstić information content (AvgIpc) is 2.67. The molecule has 0 aromatic rings. The van der Waals surface area contributed by atoms with E-state index in [0.717, 1.165) is 12.8 Å². The van der Waals surface area contributed by atoms with E-state index in [4.69, 9.17) is 4.74 Å². The molecule has 2 heterocycles. The van der Waals surface area contributed by atoms with Gasteiger partial charge in [-0.15, -0.1) is 0 Å². The molecule has 0 spiro atoms. The van der Waals surface area contributed by atoms with Crippen LogP contribution in [0.3, 0.4) is 0 Å². The average molecular weight is 269 g/mol. The largest absolute Gasteiger partial charge is 0.481 e. The van der Waals surface area contributed by atoms with E-state index in [1.165, 1.54) is 0 Å². The zero-order valence-electron chi connectivity index (χ0n) is 11.8. The van der Waals surface area contributed by atoms with Gasteiger partial charge in [0.15, 0.2) is 0 Å². The number of ether oxygens (including phenoxy) is 1. The van der Waals surface area contributed by atoms with Gasteiger partial charge >= 0.3 is 5.97 Å². The molecule has 3 unspecified atom stereocenters. The minimum Gasteiger partial charge on any atom is -0.481 e. The Labute approximate surface area is 113 Å². The van der Waals surface area contributed by atoms with Crippen LogP contribution in [0.5, 0.6) is 0 Å². The first-order valence-electron chi connectivity index (χ1n) is 7.10. The van der Waals surface area contributed by atoms with Gasteiger partial charge < -0.3 is 14.7 Å².